The van der Waals surface area contributed by atoms with E-state index in [0.717, 1.165) is 0 Å². The number of carbonyl (C=O) groups excluding carboxylic acids is 1. The number of nitrogens with zero attached hydrogens (tertiary/aromatic N) is 1. The lowest BCUT2D eigenvalue weighted by molar-refractivity contribution is 0.0916. The highest BCUT2D eigenvalue weighted by atomic mass is 35.5. The van der Waals surface area contributed by atoms with Crippen molar-refractivity contribution in [1.82, 2.24) is 4.90 Å². The van der Waals surface area contributed by atoms with Crippen LogP contribution in [0.4, 0.5) is 0 Å². The van der Waals surface area contributed by atoms with Crippen LogP contribution in [0.3, 0.4) is 0 Å². The van der Waals surface area contributed by atoms with Crippen molar-refractivity contribution < 1.29 is 13.2 Å². The fourth-order valence-corrected chi connectivity index (χ4v) is 4.99. The average Bonchev–Trinajstić information content (AvgIpc) is 2.63. The van der Waals surface area contributed by atoms with Gasteiger partial charge in [0.25, 0.3) is 0 Å². The van der Waals surface area contributed by atoms with Gasteiger partial charge in [-0.05, 0) is 62.3 Å². The Morgan fingerprint density at radius 1 is 1.00 bits per heavy atom. The van der Waals surface area contributed by atoms with Gasteiger partial charge in [-0.25, -0.2) is 8.42 Å². The van der Waals surface area contributed by atoms with Crippen LogP contribution in [0.25, 0.3) is 0 Å². The highest BCUT2D eigenvalue weighted by Crippen LogP contribution is 2.24. The van der Waals surface area contributed by atoms with Crippen LogP contribution in [0.15, 0.2) is 59.5 Å². The zero-order valence-corrected chi connectivity index (χ0v) is 15.3. The molecule has 3 rings (SSSR count). The quantitative estimate of drug-likeness (QED) is 0.749. The van der Waals surface area contributed by atoms with Gasteiger partial charge in [0.1, 0.15) is 0 Å². The highest BCUT2D eigenvalue weighted by Gasteiger charge is 2.31. The summed E-state index contributed by atoms with van der Waals surface area (Å²) in [5, 5.41) is 0.222. The second-order valence-electron chi connectivity index (χ2n) is 6.26. The maximum atomic E-state index is 12.7. The number of hydrogen-bond donors (Lipinski definition) is 0. The number of ketones is 1. The molecule has 0 saturated carbocycles. The number of rotatable bonds is 5. The Hall–Kier alpha value is -1.69. The molecule has 0 bridgehead atoms. The van der Waals surface area contributed by atoms with Gasteiger partial charge in [0.2, 0.25) is 0 Å². The molecule has 2 aromatic rings. The molecule has 1 heterocycles. The molecular formula is C19H20ClNO3S. The largest absolute Gasteiger partial charge is 0.296 e. The topological polar surface area (TPSA) is 54.5 Å². The maximum absolute atomic E-state index is 12.7. The molecule has 132 valence electrons. The van der Waals surface area contributed by atoms with Crippen LogP contribution >= 0.6 is 11.6 Å². The molecule has 1 aliphatic heterocycles. The summed E-state index contributed by atoms with van der Waals surface area (Å²) >= 11 is 5.84. The van der Waals surface area contributed by atoms with Gasteiger partial charge >= 0.3 is 0 Å². The van der Waals surface area contributed by atoms with E-state index in [1.165, 1.54) is 0 Å². The molecule has 0 spiro atoms. The van der Waals surface area contributed by atoms with Crippen LogP contribution in [0, 0.1) is 0 Å². The summed E-state index contributed by atoms with van der Waals surface area (Å²) in [5.41, 5.74) is 0.628. The summed E-state index contributed by atoms with van der Waals surface area (Å²) in [6.07, 6.45) is 1.09. The lowest BCUT2D eigenvalue weighted by Crippen LogP contribution is -2.41. The molecular weight excluding hydrogens is 358 g/mol. The number of benzene rings is 2. The van der Waals surface area contributed by atoms with E-state index in [0.29, 0.717) is 48.0 Å². The fraction of sp³-hybridized carbons (Fsp3) is 0.316. The summed E-state index contributed by atoms with van der Waals surface area (Å²) in [6, 6.07) is 15.4. The molecule has 0 atom stereocenters. The van der Waals surface area contributed by atoms with Crippen LogP contribution in [-0.2, 0) is 9.84 Å². The van der Waals surface area contributed by atoms with Crippen LogP contribution < -0.4 is 0 Å². The number of halogens is 1. The molecule has 4 nitrogen and oxygen atoms in total. The normalized spacial score (nSPS) is 16.7. The first-order valence-electron chi connectivity index (χ1n) is 8.27. The van der Waals surface area contributed by atoms with Gasteiger partial charge < -0.3 is 0 Å². The molecule has 0 unspecified atom stereocenters. The van der Waals surface area contributed by atoms with E-state index < -0.39 is 9.84 Å². The Labute approximate surface area is 153 Å². The summed E-state index contributed by atoms with van der Waals surface area (Å²) in [6.45, 7) is 1.52. The van der Waals surface area contributed by atoms with Crippen LogP contribution in [0.5, 0.6) is 0 Å². The zero-order chi connectivity index (χ0) is 17.9. The number of sulfone groups is 1. The second-order valence-corrected chi connectivity index (χ2v) is 8.93. The van der Waals surface area contributed by atoms with Crippen molar-refractivity contribution in [2.24, 2.45) is 0 Å². The molecule has 2 aromatic carbocycles. The Kier molecular flexibility index (Phi) is 5.57. The van der Waals surface area contributed by atoms with Crippen LogP contribution in [0.2, 0.25) is 5.02 Å². The summed E-state index contributed by atoms with van der Waals surface area (Å²) in [7, 11) is -3.30. The molecule has 1 aliphatic rings. The lowest BCUT2D eigenvalue weighted by atomic mass is 10.1. The first-order valence-corrected chi connectivity index (χ1v) is 10.2. The average molecular weight is 378 g/mol. The standard InChI is InChI=1S/C19H20ClNO3S/c20-16-8-6-15(7-9-16)19(22)14-21-12-10-18(11-13-21)25(23,24)17-4-2-1-3-5-17/h1-9,18H,10-14H2. The van der Waals surface area contributed by atoms with Gasteiger partial charge in [0.05, 0.1) is 16.7 Å². The summed E-state index contributed by atoms with van der Waals surface area (Å²) in [5.74, 6) is 0.0287. The van der Waals surface area contributed by atoms with Crippen molar-refractivity contribution in [3.8, 4) is 0 Å². The third-order valence-electron chi connectivity index (χ3n) is 4.58. The van der Waals surface area contributed by atoms with E-state index in [2.05, 4.69) is 0 Å². The Morgan fingerprint density at radius 2 is 1.60 bits per heavy atom. The first kappa shape index (κ1) is 18.1. The highest BCUT2D eigenvalue weighted by molar-refractivity contribution is 7.92. The van der Waals surface area contributed by atoms with E-state index in [1.807, 2.05) is 11.0 Å². The fourth-order valence-electron chi connectivity index (χ4n) is 3.11. The minimum Gasteiger partial charge on any atom is -0.296 e. The van der Waals surface area contributed by atoms with Crippen molar-refractivity contribution in [3.63, 3.8) is 0 Å². The van der Waals surface area contributed by atoms with Gasteiger partial charge in [-0.15, -0.1) is 0 Å². The molecule has 0 amide bonds. The Bertz CT molecular complexity index is 827. The van der Waals surface area contributed by atoms with Crippen molar-refractivity contribution in [3.05, 3.63) is 65.2 Å². The minimum atomic E-state index is -3.30. The number of likely N-dealkylation sites (tertiary alicyclic amines) is 1. The predicted octanol–water partition coefficient (Wildman–Crippen LogP) is 3.46. The van der Waals surface area contributed by atoms with Gasteiger partial charge in [-0.3, -0.25) is 9.69 Å². The number of hydrogen-bond acceptors (Lipinski definition) is 4. The number of Topliss-reactive ketones (excluding diaryl/α,β-unsaturated/α-hetero) is 1. The van der Waals surface area contributed by atoms with Crippen molar-refractivity contribution in [2.45, 2.75) is 23.0 Å². The van der Waals surface area contributed by atoms with E-state index in [9.17, 15) is 13.2 Å². The van der Waals surface area contributed by atoms with Crippen molar-refractivity contribution in [1.29, 1.82) is 0 Å². The van der Waals surface area contributed by atoms with E-state index in [-0.39, 0.29) is 11.0 Å². The van der Waals surface area contributed by atoms with Gasteiger partial charge in [-0.2, -0.15) is 0 Å². The van der Waals surface area contributed by atoms with Gasteiger partial charge in [0.15, 0.2) is 15.6 Å². The molecule has 0 aromatic heterocycles. The third kappa shape index (κ3) is 4.29. The Morgan fingerprint density at radius 3 is 2.20 bits per heavy atom. The predicted molar refractivity (Wildman–Crippen MR) is 98.9 cm³/mol. The SMILES string of the molecule is O=C(CN1CCC(S(=O)(=O)c2ccccc2)CC1)c1ccc(Cl)cc1. The van der Waals surface area contributed by atoms with E-state index in [4.69, 9.17) is 11.6 Å². The van der Waals surface area contributed by atoms with Crippen molar-refractivity contribution in [2.75, 3.05) is 19.6 Å². The smallest absolute Gasteiger partial charge is 0.181 e. The maximum Gasteiger partial charge on any atom is 0.181 e. The summed E-state index contributed by atoms with van der Waals surface area (Å²) in [4.78, 5) is 14.7. The molecule has 25 heavy (non-hydrogen) atoms. The van der Waals surface area contributed by atoms with Crippen molar-refractivity contribution >= 4 is 27.2 Å². The van der Waals surface area contributed by atoms with Crippen LogP contribution in [0.1, 0.15) is 23.2 Å². The number of piperidine rings is 1. The lowest BCUT2D eigenvalue weighted by Gasteiger charge is -2.31. The third-order valence-corrected chi connectivity index (χ3v) is 7.11. The molecule has 1 fully saturated rings. The van der Waals surface area contributed by atoms with Crippen LogP contribution in [-0.4, -0.2) is 44.0 Å². The first-order chi connectivity index (χ1) is 12.0. The zero-order valence-electron chi connectivity index (χ0n) is 13.8. The minimum absolute atomic E-state index is 0.0287. The molecule has 1 saturated heterocycles. The van der Waals surface area contributed by atoms with E-state index in [1.54, 1.807) is 48.5 Å². The Balaban J connectivity index is 1.59. The molecule has 0 radical (unpaired) electrons. The second kappa shape index (κ2) is 7.68. The monoisotopic (exact) mass is 377 g/mol. The van der Waals surface area contributed by atoms with Gasteiger partial charge in [0, 0.05) is 10.6 Å². The number of carbonyl (C=O) groups is 1. The van der Waals surface area contributed by atoms with E-state index >= 15 is 0 Å². The van der Waals surface area contributed by atoms with Gasteiger partial charge in [-0.1, -0.05) is 29.8 Å². The molecule has 6 heteroatoms. The molecule has 0 aliphatic carbocycles. The summed E-state index contributed by atoms with van der Waals surface area (Å²) < 4.78 is 25.3. The molecule has 0 N–H and O–H groups in total.